The van der Waals surface area contributed by atoms with Crippen LogP contribution in [-0.2, 0) is 4.79 Å². The number of carbonyl (C=O) groups excluding carboxylic acids is 2. The summed E-state index contributed by atoms with van der Waals surface area (Å²) in [4.78, 5) is 29.8. The lowest BCUT2D eigenvalue weighted by Crippen LogP contribution is -2.20. The molecular formula is C17H15Cl2N3O2S2. The van der Waals surface area contributed by atoms with E-state index in [1.807, 2.05) is 25.1 Å². The molecule has 0 saturated carbocycles. The predicted octanol–water partition coefficient (Wildman–Crippen LogP) is 4.69. The number of hydrogen-bond acceptors (Lipinski definition) is 7. The Balaban J connectivity index is 2.06. The summed E-state index contributed by atoms with van der Waals surface area (Å²) < 4.78 is 1.77. The van der Waals surface area contributed by atoms with Crippen molar-refractivity contribution in [2.45, 2.75) is 0 Å². The number of thiazole rings is 1. The Labute approximate surface area is 168 Å². The van der Waals surface area contributed by atoms with Gasteiger partial charge in [-0.1, -0.05) is 23.2 Å². The molecule has 0 aliphatic heterocycles. The average Bonchev–Trinajstić information content (AvgIpc) is 3.15. The van der Waals surface area contributed by atoms with E-state index in [2.05, 4.69) is 10.3 Å². The van der Waals surface area contributed by atoms with Crippen molar-refractivity contribution in [2.75, 3.05) is 32.5 Å². The highest BCUT2D eigenvalue weighted by Crippen LogP contribution is 2.42. The summed E-state index contributed by atoms with van der Waals surface area (Å²) in [5, 5.41) is 3.93. The third-order valence-electron chi connectivity index (χ3n) is 3.64. The normalized spacial score (nSPS) is 11.3. The van der Waals surface area contributed by atoms with Gasteiger partial charge in [-0.3, -0.25) is 9.59 Å². The number of carbonyl (C=O) groups is 2. The Hall–Kier alpha value is -1.51. The number of aldehydes is 1. The SMILES string of the molecule is CN(C)CCNc1cc(C(=O)C=O)c2sc(-c3cc(Cl)sc3Cl)nc2c1. The maximum absolute atomic E-state index is 12.1. The largest absolute Gasteiger partial charge is 0.384 e. The van der Waals surface area contributed by atoms with Crippen LogP contribution in [0, 0.1) is 0 Å². The lowest BCUT2D eigenvalue weighted by atomic mass is 10.1. The Kier molecular flexibility index (Phi) is 5.94. The lowest BCUT2D eigenvalue weighted by molar-refractivity contribution is -0.104. The summed E-state index contributed by atoms with van der Waals surface area (Å²) in [5.41, 5.74) is 2.46. The second-order valence-electron chi connectivity index (χ2n) is 5.84. The zero-order valence-corrected chi connectivity index (χ0v) is 17.2. The molecule has 0 unspecified atom stereocenters. The van der Waals surface area contributed by atoms with Crippen molar-refractivity contribution in [3.8, 4) is 10.6 Å². The van der Waals surface area contributed by atoms with Crippen LogP contribution >= 0.6 is 45.9 Å². The van der Waals surface area contributed by atoms with E-state index in [0.717, 1.165) is 17.8 Å². The van der Waals surface area contributed by atoms with Crippen LogP contribution in [-0.4, -0.2) is 49.1 Å². The topological polar surface area (TPSA) is 62.3 Å². The summed E-state index contributed by atoms with van der Waals surface area (Å²) in [5.74, 6) is -0.573. The zero-order valence-electron chi connectivity index (χ0n) is 14.0. The van der Waals surface area contributed by atoms with Crippen LogP contribution in [0.15, 0.2) is 18.2 Å². The van der Waals surface area contributed by atoms with E-state index in [9.17, 15) is 9.59 Å². The number of nitrogens with one attached hydrogen (secondary N) is 1. The van der Waals surface area contributed by atoms with Crippen molar-refractivity contribution < 1.29 is 9.59 Å². The molecule has 2 aromatic heterocycles. The number of fused-ring (bicyclic) bond motifs is 1. The molecule has 26 heavy (non-hydrogen) atoms. The van der Waals surface area contributed by atoms with Crippen LogP contribution in [0.3, 0.4) is 0 Å². The molecule has 1 aromatic carbocycles. The molecule has 0 saturated heterocycles. The van der Waals surface area contributed by atoms with E-state index < -0.39 is 5.78 Å². The second kappa shape index (κ2) is 8.02. The molecule has 0 atom stereocenters. The van der Waals surface area contributed by atoms with E-state index in [1.54, 1.807) is 12.1 Å². The Morgan fingerprint density at radius 2 is 2.04 bits per heavy atom. The molecule has 0 radical (unpaired) electrons. The highest BCUT2D eigenvalue weighted by Gasteiger charge is 2.18. The predicted molar refractivity (Wildman–Crippen MR) is 110 cm³/mol. The first-order chi connectivity index (χ1) is 12.4. The summed E-state index contributed by atoms with van der Waals surface area (Å²) in [7, 11) is 3.96. The number of likely N-dealkylation sites (N-methyl/N-ethyl adjacent to an activating group) is 1. The van der Waals surface area contributed by atoms with E-state index in [1.165, 1.54) is 22.7 Å². The van der Waals surface area contributed by atoms with Gasteiger partial charge in [0.05, 0.1) is 14.6 Å². The maximum Gasteiger partial charge on any atom is 0.226 e. The fourth-order valence-corrected chi connectivity index (χ4v) is 5.08. The van der Waals surface area contributed by atoms with Gasteiger partial charge in [0, 0.05) is 29.9 Å². The van der Waals surface area contributed by atoms with E-state index >= 15 is 0 Å². The van der Waals surface area contributed by atoms with E-state index in [-0.39, 0.29) is 0 Å². The monoisotopic (exact) mass is 427 g/mol. The Morgan fingerprint density at radius 1 is 1.27 bits per heavy atom. The summed E-state index contributed by atoms with van der Waals surface area (Å²) >= 11 is 14.8. The minimum absolute atomic E-state index is 0.326. The first-order valence-corrected chi connectivity index (χ1v) is 10.1. The van der Waals surface area contributed by atoms with Crippen molar-refractivity contribution in [1.82, 2.24) is 9.88 Å². The van der Waals surface area contributed by atoms with E-state index in [4.69, 9.17) is 23.2 Å². The maximum atomic E-state index is 12.1. The van der Waals surface area contributed by atoms with Gasteiger partial charge in [0.2, 0.25) is 5.78 Å². The third-order valence-corrected chi connectivity index (χ3v) is 6.26. The van der Waals surface area contributed by atoms with Gasteiger partial charge in [-0.2, -0.15) is 0 Å². The van der Waals surface area contributed by atoms with Gasteiger partial charge in [-0.25, -0.2) is 4.98 Å². The number of ketones is 1. The van der Waals surface area contributed by atoms with Crippen LogP contribution in [0.2, 0.25) is 8.67 Å². The van der Waals surface area contributed by atoms with Gasteiger partial charge < -0.3 is 10.2 Å². The molecule has 136 valence electrons. The van der Waals surface area contributed by atoms with Gasteiger partial charge in [0.25, 0.3) is 0 Å². The molecule has 0 aliphatic rings. The molecule has 9 heteroatoms. The number of nitrogens with zero attached hydrogens (tertiary/aromatic N) is 2. The molecule has 0 aliphatic carbocycles. The average molecular weight is 428 g/mol. The van der Waals surface area contributed by atoms with Gasteiger partial charge in [-0.05, 0) is 32.3 Å². The summed E-state index contributed by atoms with van der Waals surface area (Å²) in [6, 6.07) is 5.32. The highest BCUT2D eigenvalue weighted by molar-refractivity contribution is 7.24. The van der Waals surface area contributed by atoms with Crippen LogP contribution < -0.4 is 5.32 Å². The van der Waals surface area contributed by atoms with Crippen LogP contribution in [0.1, 0.15) is 10.4 Å². The second-order valence-corrected chi connectivity index (χ2v) is 9.13. The molecule has 0 bridgehead atoms. The van der Waals surface area contributed by atoms with E-state index in [0.29, 0.717) is 42.3 Å². The number of halogens is 2. The number of hydrogen-bond donors (Lipinski definition) is 1. The fraction of sp³-hybridized carbons (Fsp3) is 0.235. The van der Waals surface area contributed by atoms with Crippen LogP contribution in [0.4, 0.5) is 5.69 Å². The lowest BCUT2D eigenvalue weighted by Gasteiger charge is -2.12. The van der Waals surface area contributed by atoms with Gasteiger partial charge >= 0.3 is 0 Å². The van der Waals surface area contributed by atoms with Gasteiger partial charge in [0.15, 0.2) is 6.29 Å². The molecular weight excluding hydrogens is 413 g/mol. The minimum Gasteiger partial charge on any atom is -0.384 e. The van der Waals surface area contributed by atoms with Gasteiger partial charge in [-0.15, -0.1) is 22.7 Å². The van der Waals surface area contributed by atoms with Crippen molar-refractivity contribution in [2.24, 2.45) is 0 Å². The number of thiophene rings is 1. The van der Waals surface area contributed by atoms with Crippen molar-refractivity contribution in [1.29, 1.82) is 0 Å². The quantitative estimate of drug-likeness (QED) is 0.336. The third kappa shape index (κ3) is 4.07. The molecule has 0 spiro atoms. The summed E-state index contributed by atoms with van der Waals surface area (Å²) in [6.07, 6.45) is 0.326. The number of aromatic nitrogens is 1. The number of rotatable bonds is 7. The molecule has 3 rings (SSSR count). The number of Topliss-reactive ketones (excluding diaryl/α,β-unsaturated/α-hetero) is 1. The standard InChI is InChI=1S/C17H15Cl2N3O2S2/c1-22(2)4-3-20-9-5-10(13(24)8-23)15-12(6-9)21-17(26-15)11-7-14(18)25-16(11)19/h5-8,20H,3-4H2,1-2H3. The molecule has 2 heterocycles. The number of benzene rings is 1. The molecule has 0 fully saturated rings. The first kappa shape index (κ1) is 19.3. The molecule has 0 amide bonds. The summed E-state index contributed by atoms with van der Waals surface area (Å²) in [6.45, 7) is 1.54. The van der Waals surface area contributed by atoms with Crippen LogP contribution in [0.5, 0.6) is 0 Å². The Bertz CT molecular complexity index is 982. The highest BCUT2D eigenvalue weighted by atomic mass is 35.5. The first-order valence-electron chi connectivity index (χ1n) is 7.67. The fourth-order valence-electron chi connectivity index (χ4n) is 2.41. The molecule has 3 aromatic rings. The van der Waals surface area contributed by atoms with Crippen molar-refractivity contribution in [3.63, 3.8) is 0 Å². The molecule has 5 nitrogen and oxygen atoms in total. The Morgan fingerprint density at radius 3 is 2.65 bits per heavy atom. The molecule has 1 N–H and O–H groups in total. The number of anilines is 1. The van der Waals surface area contributed by atoms with Crippen molar-refractivity contribution >= 4 is 73.8 Å². The van der Waals surface area contributed by atoms with Crippen LogP contribution in [0.25, 0.3) is 20.8 Å². The minimum atomic E-state index is -0.573. The van der Waals surface area contributed by atoms with Crippen molar-refractivity contribution in [3.05, 3.63) is 32.4 Å². The zero-order chi connectivity index (χ0) is 18.8. The van der Waals surface area contributed by atoms with Gasteiger partial charge in [0.1, 0.15) is 9.34 Å². The smallest absolute Gasteiger partial charge is 0.226 e.